The van der Waals surface area contributed by atoms with E-state index >= 15 is 0 Å². The van der Waals surface area contributed by atoms with Crippen LogP contribution in [-0.4, -0.2) is 31.6 Å². The van der Waals surface area contributed by atoms with Crippen LogP contribution in [0.25, 0.3) is 0 Å². The Kier molecular flexibility index (Phi) is 4.65. The van der Waals surface area contributed by atoms with E-state index in [9.17, 15) is 0 Å². The van der Waals surface area contributed by atoms with E-state index in [-0.39, 0.29) is 0 Å². The third-order valence-corrected chi connectivity index (χ3v) is 4.09. The summed E-state index contributed by atoms with van der Waals surface area (Å²) in [5.74, 6) is 0.961. The van der Waals surface area contributed by atoms with Gasteiger partial charge in [0, 0.05) is 12.0 Å². The van der Waals surface area contributed by atoms with Gasteiger partial charge in [-0.2, -0.15) is 0 Å². The molecule has 0 unspecified atom stereocenters. The summed E-state index contributed by atoms with van der Waals surface area (Å²) in [6.07, 6.45) is 5.52. The average Bonchev–Trinajstić information content (AvgIpc) is 2.80. The Morgan fingerprint density at radius 3 is 2.95 bits per heavy atom. The fourth-order valence-corrected chi connectivity index (χ4v) is 3.21. The van der Waals surface area contributed by atoms with E-state index in [0.717, 1.165) is 12.3 Å². The summed E-state index contributed by atoms with van der Waals surface area (Å²) in [6, 6.07) is 8.63. The predicted molar refractivity (Wildman–Crippen MR) is 80.8 cm³/mol. The molecule has 0 amide bonds. The van der Waals surface area contributed by atoms with Crippen LogP contribution in [0.3, 0.4) is 0 Å². The molecule has 0 bridgehead atoms. The van der Waals surface area contributed by atoms with Crippen molar-refractivity contribution in [3.63, 3.8) is 0 Å². The Morgan fingerprint density at radius 2 is 2.32 bits per heavy atom. The quantitative estimate of drug-likeness (QED) is 0.723. The third kappa shape index (κ3) is 3.19. The van der Waals surface area contributed by atoms with Gasteiger partial charge in [-0.25, -0.2) is 0 Å². The summed E-state index contributed by atoms with van der Waals surface area (Å²) in [5.41, 5.74) is 1.75. The number of rotatable bonds is 6. The lowest BCUT2D eigenvalue weighted by molar-refractivity contribution is 0.344. The average molecular weight is 259 g/mol. The van der Waals surface area contributed by atoms with Crippen molar-refractivity contribution in [2.24, 2.45) is 0 Å². The first-order valence-electron chi connectivity index (χ1n) is 7.23. The molecule has 1 aliphatic rings. The van der Waals surface area contributed by atoms with Crippen LogP contribution in [0.5, 0.6) is 5.75 Å². The Bertz CT molecular complexity index is 425. The predicted octanol–water partition coefficient (Wildman–Crippen LogP) is 3.62. The van der Waals surface area contributed by atoms with E-state index in [0.29, 0.717) is 12.0 Å². The number of hydrogen-bond acceptors (Lipinski definition) is 2. The highest BCUT2D eigenvalue weighted by molar-refractivity contribution is 5.35. The molecule has 1 saturated heterocycles. The molecule has 1 aromatic rings. The van der Waals surface area contributed by atoms with Crippen LogP contribution in [0.1, 0.15) is 31.7 Å². The molecule has 0 spiro atoms. The van der Waals surface area contributed by atoms with Gasteiger partial charge in [-0.3, -0.25) is 0 Å². The monoisotopic (exact) mass is 259 g/mol. The van der Waals surface area contributed by atoms with E-state index in [4.69, 9.17) is 4.74 Å². The lowest BCUT2D eigenvalue weighted by atomic mass is 9.76. The number of benzene rings is 1. The summed E-state index contributed by atoms with van der Waals surface area (Å²) in [7, 11) is 2.22. The number of hydrogen-bond donors (Lipinski definition) is 0. The van der Waals surface area contributed by atoms with E-state index in [2.05, 4.69) is 43.6 Å². The van der Waals surface area contributed by atoms with Gasteiger partial charge in [0.2, 0.25) is 0 Å². The second-order valence-corrected chi connectivity index (χ2v) is 5.65. The van der Waals surface area contributed by atoms with Crippen LogP contribution in [0.15, 0.2) is 36.9 Å². The molecule has 1 aromatic carbocycles. The van der Waals surface area contributed by atoms with E-state index in [1.165, 1.54) is 31.4 Å². The largest absolute Gasteiger partial charge is 0.490 e. The molecule has 19 heavy (non-hydrogen) atoms. The zero-order chi connectivity index (χ0) is 13.7. The molecular formula is C17H25NO. The highest BCUT2D eigenvalue weighted by Crippen LogP contribution is 2.39. The van der Waals surface area contributed by atoms with Crippen molar-refractivity contribution in [1.29, 1.82) is 0 Å². The van der Waals surface area contributed by atoms with Crippen molar-refractivity contribution in [3.05, 3.63) is 42.5 Å². The van der Waals surface area contributed by atoms with E-state index < -0.39 is 0 Å². The molecule has 1 fully saturated rings. The smallest absolute Gasteiger partial charge is 0.120 e. The van der Waals surface area contributed by atoms with Crippen molar-refractivity contribution in [2.75, 3.05) is 26.7 Å². The molecule has 0 N–H and O–H groups in total. The van der Waals surface area contributed by atoms with Gasteiger partial charge in [-0.05, 0) is 44.1 Å². The van der Waals surface area contributed by atoms with Crippen LogP contribution in [-0.2, 0) is 5.41 Å². The topological polar surface area (TPSA) is 12.5 Å². The fraction of sp³-hybridized carbons (Fsp3) is 0.529. The molecule has 2 rings (SSSR count). The minimum Gasteiger partial charge on any atom is -0.490 e. The standard InChI is InChI=1S/C17H25NO/c1-4-9-17(10-11-18(3)14-17)15-7-6-8-16(13-15)19-12-5-2/h5-8,13H,2,4,9-12,14H2,1,3H3/t17-/m1/s1. The zero-order valence-electron chi connectivity index (χ0n) is 12.2. The first-order valence-corrected chi connectivity index (χ1v) is 7.23. The second-order valence-electron chi connectivity index (χ2n) is 5.65. The lowest BCUT2D eigenvalue weighted by Crippen LogP contribution is -2.29. The van der Waals surface area contributed by atoms with Gasteiger partial charge >= 0.3 is 0 Å². The molecule has 0 aromatic heterocycles. The Morgan fingerprint density at radius 1 is 1.47 bits per heavy atom. The number of likely N-dealkylation sites (tertiary alicyclic amines) is 1. The van der Waals surface area contributed by atoms with Crippen LogP contribution >= 0.6 is 0 Å². The summed E-state index contributed by atoms with van der Waals surface area (Å²) >= 11 is 0. The highest BCUT2D eigenvalue weighted by atomic mass is 16.5. The van der Waals surface area contributed by atoms with Crippen molar-refractivity contribution in [1.82, 2.24) is 4.90 Å². The maximum absolute atomic E-state index is 5.67. The normalized spacial score (nSPS) is 23.5. The van der Waals surface area contributed by atoms with Crippen LogP contribution in [0, 0.1) is 0 Å². The zero-order valence-corrected chi connectivity index (χ0v) is 12.2. The molecule has 2 heteroatoms. The third-order valence-electron chi connectivity index (χ3n) is 4.09. The number of ether oxygens (including phenoxy) is 1. The lowest BCUT2D eigenvalue weighted by Gasteiger charge is -2.29. The fourth-order valence-electron chi connectivity index (χ4n) is 3.21. The van der Waals surface area contributed by atoms with Crippen molar-refractivity contribution in [2.45, 2.75) is 31.6 Å². The molecule has 1 atom stereocenters. The molecule has 1 heterocycles. The van der Waals surface area contributed by atoms with Gasteiger partial charge in [-0.15, -0.1) is 0 Å². The molecule has 1 aliphatic heterocycles. The van der Waals surface area contributed by atoms with Crippen LogP contribution in [0.2, 0.25) is 0 Å². The van der Waals surface area contributed by atoms with Crippen LogP contribution < -0.4 is 4.74 Å². The summed E-state index contributed by atoms with van der Waals surface area (Å²) < 4.78 is 5.67. The Labute approximate surface area is 117 Å². The van der Waals surface area contributed by atoms with E-state index in [1.54, 1.807) is 6.08 Å². The first kappa shape index (κ1) is 14.1. The molecular weight excluding hydrogens is 234 g/mol. The van der Waals surface area contributed by atoms with Crippen molar-refractivity contribution < 1.29 is 4.74 Å². The van der Waals surface area contributed by atoms with Crippen molar-refractivity contribution in [3.8, 4) is 5.75 Å². The first-order chi connectivity index (χ1) is 9.20. The summed E-state index contributed by atoms with van der Waals surface area (Å²) in [6.45, 7) is 8.90. The maximum atomic E-state index is 5.67. The van der Waals surface area contributed by atoms with Crippen LogP contribution in [0.4, 0.5) is 0 Å². The van der Waals surface area contributed by atoms with Gasteiger partial charge in [0.15, 0.2) is 0 Å². The Hall–Kier alpha value is -1.28. The maximum Gasteiger partial charge on any atom is 0.120 e. The SMILES string of the molecule is C=CCOc1cccc([C@]2(CCC)CCN(C)C2)c1. The molecule has 0 saturated carbocycles. The molecule has 104 valence electrons. The van der Waals surface area contributed by atoms with Gasteiger partial charge < -0.3 is 9.64 Å². The van der Waals surface area contributed by atoms with Gasteiger partial charge in [0.1, 0.15) is 12.4 Å². The Balaban J connectivity index is 2.24. The minimum atomic E-state index is 0.317. The van der Waals surface area contributed by atoms with Gasteiger partial charge in [0.05, 0.1) is 0 Å². The minimum absolute atomic E-state index is 0.317. The summed E-state index contributed by atoms with van der Waals surface area (Å²) in [4.78, 5) is 2.44. The highest BCUT2D eigenvalue weighted by Gasteiger charge is 2.37. The van der Waals surface area contributed by atoms with E-state index in [1.807, 2.05) is 6.07 Å². The van der Waals surface area contributed by atoms with Gasteiger partial charge in [-0.1, -0.05) is 38.1 Å². The van der Waals surface area contributed by atoms with Gasteiger partial charge in [0.25, 0.3) is 0 Å². The molecule has 2 nitrogen and oxygen atoms in total. The number of nitrogens with zero attached hydrogens (tertiary/aromatic N) is 1. The molecule has 0 radical (unpaired) electrons. The second kappa shape index (κ2) is 6.25. The van der Waals surface area contributed by atoms with Crippen molar-refractivity contribution >= 4 is 0 Å². The number of likely N-dealkylation sites (N-methyl/N-ethyl adjacent to an activating group) is 1. The molecule has 0 aliphatic carbocycles. The summed E-state index contributed by atoms with van der Waals surface area (Å²) in [5, 5.41) is 0.